The average Bonchev–Trinajstić information content (AvgIpc) is 2.53. The van der Waals surface area contributed by atoms with Crippen molar-refractivity contribution in [3.05, 3.63) is 23.9 Å². The molecule has 2 unspecified atom stereocenters. The second-order valence-electron chi connectivity index (χ2n) is 6.67. The first-order valence-corrected chi connectivity index (χ1v) is 8.42. The molecule has 3 heterocycles. The molecule has 3 rings (SSSR count). The molecule has 0 spiro atoms. The van der Waals surface area contributed by atoms with E-state index in [4.69, 9.17) is 4.74 Å². The van der Waals surface area contributed by atoms with Crippen molar-refractivity contribution < 1.29 is 9.53 Å². The van der Waals surface area contributed by atoms with Crippen molar-refractivity contribution in [1.82, 2.24) is 15.2 Å². The monoisotopic (exact) mass is 354 g/mol. The highest BCUT2D eigenvalue weighted by Crippen LogP contribution is 2.19. The second kappa shape index (κ2) is 8.14. The van der Waals surface area contributed by atoms with Crippen LogP contribution < -0.4 is 10.2 Å². The summed E-state index contributed by atoms with van der Waals surface area (Å²) in [6.07, 6.45) is 2.10. The van der Waals surface area contributed by atoms with Crippen LogP contribution >= 0.6 is 12.4 Å². The van der Waals surface area contributed by atoms with Crippen molar-refractivity contribution in [2.45, 2.75) is 39.0 Å². The van der Waals surface area contributed by atoms with E-state index in [1.165, 1.54) is 0 Å². The molecule has 0 bridgehead atoms. The maximum atomic E-state index is 12.6. The van der Waals surface area contributed by atoms with E-state index in [1.807, 2.05) is 17.0 Å². The maximum absolute atomic E-state index is 12.6. The number of hydrogen-bond donors (Lipinski definition) is 1. The fourth-order valence-corrected chi connectivity index (χ4v) is 3.36. The summed E-state index contributed by atoms with van der Waals surface area (Å²) in [6, 6.07) is 4.18. The molecule has 0 saturated carbocycles. The molecule has 2 aliphatic rings. The van der Waals surface area contributed by atoms with Gasteiger partial charge < -0.3 is 19.9 Å². The van der Waals surface area contributed by atoms with Crippen LogP contribution in [-0.4, -0.2) is 66.8 Å². The van der Waals surface area contributed by atoms with Crippen molar-refractivity contribution in [3.8, 4) is 0 Å². The minimum atomic E-state index is 0. The van der Waals surface area contributed by atoms with Gasteiger partial charge in [-0.25, -0.2) is 4.98 Å². The van der Waals surface area contributed by atoms with E-state index < -0.39 is 0 Å². The van der Waals surface area contributed by atoms with Crippen LogP contribution in [0.5, 0.6) is 0 Å². The largest absolute Gasteiger partial charge is 0.372 e. The summed E-state index contributed by atoms with van der Waals surface area (Å²) in [5.74, 6) is 0.985. The molecule has 0 aromatic carbocycles. The van der Waals surface area contributed by atoms with Crippen molar-refractivity contribution >= 4 is 24.1 Å². The van der Waals surface area contributed by atoms with E-state index >= 15 is 0 Å². The van der Waals surface area contributed by atoms with Crippen LogP contribution in [0.4, 0.5) is 5.82 Å². The Hall–Kier alpha value is -1.37. The molecule has 2 fully saturated rings. The minimum absolute atomic E-state index is 0. The highest BCUT2D eigenvalue weighted by Gasteiger charge is 2.24. The van der Waals surface area contributed by atoms with Gasteiger partial charge in [0.25, 0.3) is 5.91 Å². The number of carbonyl (C=O) groups excluding carboxylic acids is 1. The first kappa shape index (κ1) is 19.0. The summed E-state index contributed by atoms with van der Waals surface area (Å²) in [4.78, 5) is 21.2. The van der Waals surface area contributed by atoms with Gasteiger partial charge in [0.15, 0.2) is 0 Å². The highest BCUT2D eigenvalue weighted by atomic mass is 35.5. The van der Waals surface area contributed by atoms with Gasteiger partial charge in [0.1, 0.15) is 5.82 Å². The summed E-state index contributed by atoms with van der Waals surface area (Å²) < 4.78 is 5.75. The lowest BCUT2D eigenvalue weighted by atomic mass is 10.2. The van der Waals surface area contributed by atoms with E-state index in [-0.39, 0.29) is 30.5 Å². The number of aromatic nitrogens is 1. The Bertz CT molecular complexity index is 544. The lowest BCUT2D eigenvalue weighted by Crippen LogP contribution is -2.51. The smallest absolute Gasteiger partial charge is 0.255 e. The van der Waals surface area contributed by atoms with Crippen LogP contribution in [-0.2, 0) is 4.74 Å². The molecule has 134 valence electrons. The number of nitrogens with zero attached hydrogens (tertiary/aromatic N) is 3. The zero-order valence-electron chi connectivity index (χ0n) is 14.6. The topological polar surface area (TPSA) is 57.7 Å². The molecule has 2 saturated heterocycles. The van der Waals surface area contributed by atoms with E-state index in [2.05, 4.69) is 36.0 Å². The number of morpholine rings is 1. The third kappa shape index (κ3) is 4.37. The van der Waals surface area contributed by atoms with Gasteiger partial charge in [-0.3, -0.25) is 4.79 Å². The van der Waals surface area contributed by atoms with E-state index in [0.717, 1.165) is 38.5 Å². The van der Waals surface area contributed by atoms with Crippen molar-refractivity contribution in [2.24, 2.45) is 0 Å². The summed E-state index contributed by atoms with van der Waals surface area (Å²) in [6.45, 7) is 10.3. The number of halogens is 1. The first-order chi connectivity index (χ1) is 11.0. The van der Waals surface area contributed by atoms with Crippen LogP contribution in [0.25, 0.3) is 0 Å². The predicted molar refractivity (Wildman–Crippen MR) is 97.1 cm³/mol. The summed E-state index contributed by atoms with van der Waals surface area (Å²) in [5, 5.41) is 3.35. The first-order valence-electron chi connectivity index (χ1n) is 8.42. The van der Waals surface area contributed by atoms with Crippen LogP contribution in [0.15, 0.2) is 18.3 Å². The molecule has 24 heavy (non-hydrogen) atoms. The Balaban J connectivity index is 0.00000208. The van der Waals surface area contributed by atoms with Gasteiger partial charge >= 0.3 is 0 Å². The second-order valence-corrected chi connectivity index (χ2v) is 6.67. The van der Waals surface area contributed by atoms with Gasteiger partial charge in [0.05, 0.1) is 17.8 Å². The van der Waals surface area contributed by atoms with Gasteiger partial charge in [0.2, 0.25) is 0 Å². The number of hydrogen-bond acceptors (Lipinski definition) is 5. The lowest BCUT2D eigenvalue weighted by Gasteiger charge is -2.36. The molecule has 1 N–H and O–H groups in total. The number of amides is 1. The van der Waals surface area contributed by atoms with Gasteiger partial charge in [0, 0.05) is 45.0 Å². The van der Waals surface area contributed by atoms with Crippen molar-refractivity contribution in [1.29, 1.82) is 0 Å². The Kier molecular flexibility index (Phi) is 6.43. The number of anilines is 1. The van der Waals surface area contributed by atoms with Crippen LogP contribution in [0, 0.1) is 0 Å². The van der Waals surface area contributed by atoms with Gasteiger partial charge in [-0.2, -0.15) is 0 Å². The number of piperazine rings is 1. The van der Waals surface area contributed by atoms with Crippen LogP contribution in [0.1, 0.15) is 31.1 Å². The number of ether oxygens (including phenoxy) is 1. The molecule has 7 heteroatoms. The number of pyridine rings is 1. The normalized spacial score (nSPS) is 27.5. The summed E-state index contributed by atoms with van der Waals surface area (Å²) in [5.41, 5.74) is 0.664. The fraction of sp³-hybridized carbons (Fsp3) is 0.647. The third-order valence-corrected chi connectivity index (χ3v) is 4.39. The molecule has 6 nitrogen and oxygen atoms in total. The highest BCUT2D eigenvalue weighted by molar-refractivity contribution is 5.94. The zero-order chi connectivity index (χ0) is 16.4. The number of carbonyl (C=O) groups is 1. The fourth-order valence-electron chi connectivity index (χ4n) is 3.36. The quantitative estimate of drug-likeness (QED) is 0.873. The standard InChI is InChI=1S/C17H26N4O2.ClH/c1-12-9-20(7-6-18-12)17(22)15-4-5-16(19-8-15)21-10-13(2)23-14(3)11-21;/h4-5,8,12-14,18H,6-7,9-11H2,1-3H3;1H/t12-,13?,14?;/m1./s1. The van der Waals surface area contributed by atoms with E-state index in [0.29, 0.717) is 11.6 Å². The number of rotatable bonds is 2. The molecule has 1 aromatic rings. The maximum Gasteiger partial charge on any atom is 0.255 e. The molecular formula is C17H27ClN4O2. The summed E-state index contributed by atoms with van der Waals surface area (Å²) in [7, 11) is 0. The van der Waals surface area contributed by atoms with Gasteiger partial charge in [-0.1, -0.05) is 0 Å². The molecule has 2 aliphatic heterocycles. The lowest BCUT2D eigenvalue weighted by molar-refractivity contribution is -0.00546. The van der Waals surface area contributed by atoms with Gasteiger partial charge in [-0.15, -0.1) is 12.4 Å². The Morgan fingerprint density at radius 3 is 2.50 bits per heavy atom. The molecule has 0 radical (unpaired) electrons. The van der Waals surface area contributed by atoms with E-state index in [9.17, 15) is 4.79 Å². The Morgan fingerprint density at radius 1 is 1.21 bits per heavy atom. The van der Waals surface area contributed by atoms with Crippen molar-refractivity contribution in [3.63, 3.8) is 0 Å². The van der Waals surface area contributed by atoms with Crippen LogP contribution in [0.2, 0.25) is 0 Å². The Morgan fingerprint density at radius 2 is 1.92 bits per heavy atom. The minimum Gasteiger partial charge on any atom is -0.372 e. The molecular weight excluding hydrogens is 328 g/mol. The Labute approximate surface area is 150 Å². The molecule has 1 aromatic heterocycles. The SMILES string of the molecule is CC1CN(c2ccc(C(=O)N3CCN[C@H](C)C3)cn2)CC(C)O1.Cl. The van der Waals surface area contributed by atoms with Gasteiger partial charge in [-0.05, 0) is 32.9 Å². The predicted octanol–water partition coefficient (Wildman–Crippen LogP) is 1.55. The zero-order valence-corrected chi connectivity index (χ0v) is 15.4. The van der Waals surface area contributed by atoms with Crippen LogP contribution in [0.3, 0.4) is 0 Å². The number of nitrogens with one attached hydrogen (secondary N) is 1. The molecule has 1 amide bonds. The van der Waals surface area contributed by atoms with Crippen molar-refractivity contribution in [2.75, 3.05) is 37.6 Å². The average molecular weight is 355 g/mol. The summed E-state index contributed by atoms with van der Waals surface area (Å²) >= 11 is 0. The third-order valence-electron chi connectivity index (χ3n) is 4.39. The molecule has 0 aliphatic carbocycles. The molecule has 3 atom stereocenters. The van der Waals surface area contributed by atoms with E-state index in [1.54, 1.807) is 6.20 Å².